The summed E-state index contributed by atoms with van der Waals surface area (Å²) in [5.41, 5.74) is 2.51. The highest BCUT2D eigenvalue weighted by Gasteiger charge is 2.60. The fraction of sp³-hybridized carbons (Fsp3) is 0.960. The number of fused-ring (bicyclic) bond motifs is 5. The molecular weight excluding hydrogens is 330 g/mol. The molecule has 4 rings (SSSR count). The largest absolute Gasteiger partial charge is 0.393 e. The monoisotopic (exact) mass is 373 g/mol. The van der Waals surface area contributed by atoms with E-state index in [-0.39, 0.29) is 6.10 Å². The third-order valence-corrected chi connectivity index (χ3v) is 9.83. The van der Waals surface area contributed by atoms with Crippen LogP contribution in [0.25, 0.3) is 0 Å². The summed E-state index contributed by atoms with van der Waals surface area (Å²) >= 11 is 0. The molecule has 0 amide bonds. The van der Waals surface area contributed by atoms with Crippen LogP contribution in [0.2, 0.25) is 0 Å². The minimum absolute atomic E-state index is 0.0244. The number of nitrogens with zero attached hydrogens (tertiary/aromatic N) is 1. The molecule has 2 heteroatoms. The molecule has 0 bridgehead atoms. The van der Waals surface area contributed by atoms with Crippen molar-refractivity contribution in [3.05, 3.63) is 0 Å². The Labute approximate surface area is 167 Å². The maximum atomic E-state index is 10.2. The summed E-state index contributed by atoms with van der Waals surface area (Å²) in [7, 11) is 0. The lowest BCUT2D eigenvalue weighted by Crippen LogP contribution is -2.54. The van der Waals surface area contributed by atoms with E-state index in [9.17, 15) is 5.11 Å². The van der Waals surface area contributed by atoms with Crippen LogP contribution in [0.4, 0.5) is 0 Å². The maximum Gasteiger partial charge on any atom is 0.0543 e. The number of aliphatic imine (C=N–C) groups is 1. The molecule has 1 N–H and O–H groups in total. The van der Waals surface area contributed by atoms with E-state index in [4.69, 9.17) is 4.99 Å². The van der Waals surface area contributed by atoms with Gasteiger partial charge in [0.25, 0.3) is 0 Å². The second-order valence-electron chi connectivity index (χ2n) is 11.3. The van der Waals surface area contributed by atoms with Crippen LogP contribution in [0.15, 0.2) is 4.99 Å². The Morgan fingerprint density at radius 1 is 0.963 bits per heavy atom. The van der Waals surface area contributed by atoms with Gasteiger partial charge >= 0.3 is 0 Å². The Morgan fingerprint density at radius 3 is 2.37 bits per heavy atom. The number of aliphatic hydroxyl groups excluding tert-OH is 1. The van der Waals surface area contributed by atoms with E-state index in [2.05, 4.69) is 34.6 Å². The zero-order valence-corrected chi connectivity index (χ0v) is 18.5. The van der Waals surface area contributed by atoms with E-state index >= 15 is 0 Å². The van der Waals surface area contributed by atoms with E-state index in [1.165, 1.54) is 50.7 Å². The third-order valence-electron chi connectivity index (χ3n) is 9.83. The van der Waals surface area contributed by atoms with Gasteiger partial charge in [0, 0.05) is 17.7 Å². The van der Waals surface area contributed by atoms with Gasteiger partial charge in [-0.15, -0.1) is 0 Å². The first kappa shape index (κ1) is 19.9. The van der Waals surface area contributed by atoms with Crippen molar-refractivity contribution in [3.8, 4) is 0 Å². The van der Waals surface area contributed by atoms with Gasteiger partial charge in [-0.25, -0.2) is 0 Å². The van der Waals surface area contributed by atoms with E-state index in [1.54, 1.807) is 0 Å². The molecule has 2 nitrogen and oxygen atoms in total. The molecule has 8 atom stereocenters. The van der Waals surface area contributed by atoms with Crippen molar-refractivity contribution in [2.24, 2.45) is 45.4 Å². The number of hydrogen-bond acceptors (Lipinski definition) is 2. The Bertz CT molecular complexity index is 583. The van der Waals surface area contributed by atoms with Crippen LogP contribution in [-0.2, 0) is 0 Å². The standard InChI is InChI=1S/C25H43NO/c1-6-23(26-16(2)3)22-10-9-20-19-8-7-17-15-18(27)11-13-24(17,4)21(19)12-14-25(20,22)5/h16-22,27H,6-15H2,1-5H3/t17-,18+,19-,20-,21-,22+,24-,25-/m0/s1. The van der Waals surface area contributed by atoms with Gasteiger partial charge in [-0.05, 0) is 113 Å². The first-order valence-electron chi connectivity index (χ1n) is 12.0. The molecule has 27 heavy (non-hydrogen) atoms. The molecule has 0 aliphatic heterocycles. The van der Waals surface area contributed by atoms with Crippen molar-refractivity contribution < 1.29 is 5.11 Å². The van der Waals surface area contributed by atoms with E-state index in [0.717, 1.165) is 48.9 Å². The average molecular weight is 374 g/mol. The topological polar surface area (TPSA) is 32.6 Å². The molecule has 4 saturated carbocycles. The van der Waals surface area contributed by atoms with Gasteiger partial charge in [-0.1, -0.05) is 20.8 Å². The van der Waals surface area contributed by atoms with E-state index in [1.807, 2.05) is 0 Å². The van der Waals surface area contributed by atoms with Crippen LogP contribution >= 0.6 is 0 Å². The van der Waals surface area contributed by atoms with Crippen molar-refractivity contribution in [1.29, 1.82) is 0 Å². The van der Waals surface area contributed by atoms with Gasteiger partial charge in [0.1, 0.15) is 0 Å². The Morgan fingerprint density at radius 2 is 1.67 bits per heavy atom. The molecule has 0 unspecified atom stereocenters. The zero-order chi connectivity index (χ0) is 19.4. The second kappa shape index (κ2) is 7.15. The predicted molar refractivity (Wildman–Crippen MR) is 114 cm³/mol. The van der Waals surface area contributed by atoms with Crippen LogP contribution in [0.5, 0.6) is 0 Å². The SMILES string of the molecule is CCC(=NC(C)C)[C@H]1CC[C@H]2[C@@H]3CC[C@H]4C[C@H](O)CC[C@]4(C)[C@H]3CC[C@]12C. The van der Waals surface area contributed by atoms with Gasteiger partial charge in [0.15, 0.2) is 0 Å². The van der Waals surface area contributed by atoms with Crippen LogP contribution in [0.3, 0.4) is 0 Å². The number of rotatable bonds is 3. The lowest BCUT2D eigenvalue weighted by atomic mass is 9.44. The first-order valence-corrected chi connectivity index (χ1v) is 12.0. The zero-order valence-electron chi connectivity index (χ0n) is 18.5. The summed E-state index contributed by atoms with van der Waals surface area (Å²) in [6.45, 7) is 12.0. The molecule has 0 spiro atoms. The van der Waals surface area contributed by atoms with E-state index < -0.39 is 0 Å². The molecule has 0 heterocycles. The van der Waals surface area contributed by atoms with Crippen LogP contribution in [0, 0.1) is 40.4 Å². The van der Waals surface area contributed by atoms with Gasteiger partial charge in [0.05, 0.1) is 6.10 Å². The fourth-order valence-corrected chi connectivity index (χ4v) is 8.54. The summed E-state index contributed by atoms with van der Waals surface area (Å²) < 4.78 is 0. The summed E-state index contributed by atoms with van der Waals surface area (Å²) in [6.07, 6.45) is 12.9. The lowest BCUT2D eigenvalue weighted by Gasteiger charge is -2.61. The minimum Gasteiger partial charge on any atom is -0.393 e. The summed E-state index contributed by atoms with van der Waals surface area (Å²) in [4.78, 5) is 5.09. The molecular formula is C25H43NO. The van der Waals surface area contributed by atoms with Gasteiger partial charge in [-0.2, -0.15) is 0 Å². The summed E-state index contributed by atoms with van der Waals surface area (Å²) in [6, 6.07) is 0.432. The number of aliphatic hydroxyl groups is 1. The first-order chi connectivity index (χ1) is 12.8. The fourth-order valence-electron chi connectivity index (χ4n) is 8.54. The molecule has 154 valence electrons. The minimum atomic E-state index is -0.0244. The summed E-state index contributed by atoms with van der Waals surface area (Å²) in [5, 5.41) is 10.2. The molecule has 4 fully saturated rings. The highest BCUT2D eigenvalue weighted by molar-refractivity contribution is 5.87. The normalized spacial score (nSPS) is 50.3. The lowest BCUT2D eigenvalue weighted by molar-refractivity contribution is -0.123. The van der Waals surface area contributed by atoms with Crippen LogP contribution in [-0.4, -0.2) is 23.0 Å². The third kappa shape index (κ3) is 3.13. The number of hydrogen-bond donors (Lipinski definition) is 1. The van der Waals surface area contributed by atoms with Crippen molar-refractivity contribution in [2.45, 2.75) is 111 Å². The van der Waals surface area contributed by atoms with Gasteiger partial charge < -0.3 is 5.11 Å². The van der Waals surface area contributed by atoms with Crippen molar-refractivity contribution in [1.82, 2.24) is 0 Å². The average Bonchev–Trinajstić information content (AvgIpc) is 2.97. The molecule has 0 saturated heterocycles. The van der Waals surface area contributed by atoms with Gasteiger partial charge in [-0.3, -0.25) is 4.99 Å². The second-order valence-corrected chi connectivity index (χ2v) is 11.3. The Kier molecular flexibility index (Phi) is 5.28. The van der Waals surface area contributed by atoms with Crippen molar-refractivity contribution in [2.75, 3.05) is 0 Å². The molecule has 0 radical (unpaired) electrons. The van der Waals surface area contributed by atoms with Crippen LogP contribution in [0.1, 0.15) is 98.8 Å². The van der Waals surface area contributed by atoms with Gasteiger partial charge in [0.2, 0.25) is 0 Å². The molecule has 0 aromatic carbocycles. The molecule has 4 aliphatic rings. The Hall–Kier alpha value is -0.370. The highest BCUT2D eigenvalue weighted by atomic mass is 16.3. The quantitative estimate of drug-likeness (QED) is 0.581. The predicted octanol–water partition coefficient (Wildman–Crippen LogP) is 6.27. The van der Waals surface area contributed by atoms with Crippen LogP contribution < -0.4 is 0 Å². The van der Waals surface area contributed by atoms with Crippen molar-refractivity contribution >= 4 is 5.71 Å². The summed E-state index contributed by atoms with van der Waals surface area (Å²) in [5.74, 6) is 4.26. The Balaban J connectivity index is 1.59. The molecule has 0 aromatic rings. The molecule has 4 aliphatic carbocycles. The molecule has 0 aromatic heterocycles. The highest BCUT2D eigenvalue weighted by Crippen LogP contribution is 2.67. The van der Waals surface area contributed by atoms with Crippen molar-refractivity contribution in [3.63, 3.8) is 0 Å². The maximum absolute atomic E-state index is 10.2. The smallest absolute Gasteiger partial charge is 0.0543 e. The van der Waals surface area contributed by atoms with E-state index in [0.29, 0.717) is 16.9 Å².